The number of carbonyl (C=O) groups excluding carboxylic acids is 1. The van der Waals surface area contributed by atoms with E-state index in [1.54, 1.807) is 18.2 Å². The van der Waals surface area contributed by atoms with Crippen LogP contribution >= 0.6 is 11.6 Å². The molecule has 0 spiro atoms. The lowest BCUT2D eigenvalue weighted by Crippen LogP contribution is -2.29. The molecule has 0 unspecified atom stereocenters. The van der Waals surface area contributed by atoms with Crippen LogP contribution in [0.5, 0.6) is 5.75 Å². The molecule has 2 aromatic carbocycles. The van der Waals surface area contributed by atoms with Crippen molar-refractivity contribution >= 4 is 27.3 Å². The van der Waals surface area contributed by atoms with Crippen molar-refractivity contribution in [3.63, 3.8) is 0 Å². The molecule has 1 aliphatic heterocycles. The molecule has 0 saturated heterocycles. The molecule has 0 fully saturated rings. The van der Waals surface area contributed by atoms with E-state index in [9.17, 15) is 18.3 Å². The van der Waals surface area contributed by atoms with Crippen molar-refractivity contribution in [3.05, 3.63) is 58.6 Å². The molecular formula is C15H12ClNO4S. The van der Waals surface area contributed by atoms with Gasteiger partial charge in [0.15, 0.2) is 9.84 Å². The van der Waals surface area contributed by atoms with Gasteiger partial charge in [-0.1, -0.05) is 29.8 Å². The van der Waals surface area contributed by atoms with Crippen molar-refractivity contribution in [2.75, 3.05) is 5.75 Å². The van der Waals surface area contributed by atoms with Gasteiger partial charge in [-0.05, 0) is 29.8 Å². The smallest absolute Gasteiger partial charge is 0.255 e. The zero-order chi connectivity index (χ0) is 15.9. The minimum atomic E-state index is -3.40. The van der Waals surface area contributed by atoms with Crippen LogP contribution in [0.2, 0.25) is 5.02 Å². The van der Waals surface area contributed by atoms with E-state index in [-0.39, 0.29) is 22.0 Å². The first-order valence-corrected chi connectivity index (χ1v) is 8.52. The molecule has 1 atom stereocenters. The fraction of sp³-hybridized carbons (Fsp3) is 0.133. The maximum Gasteiger partial charge on any atom is 0.255 e. The molecule has 3 rings (SSSR count). The average Bonchev–Trinajstić information content (AvgIpc) is 2.73. The summed E-state index contributed by atoms with van der Waals surface area (Å²) in [5.41, 5.74) is 0.562. The largest absolute Gasteiger partial charge is 0.507 e. The number of carbonyl (C=O) groups is 1. The van der Waals surface area contributed by atoms with Gasteiger partial charge in [-0.15, -0.1) is 0 Å². The van der Waals surface area contributed by atoms with E-state index in [1.165, 1.54) is 24.3 Å². The maximum atomic E-state index is 12.3. The molecular weight excluding hydrogens is 326 g/mol. The molecule has 0 saturated carbocycles. The van der Waals surface area contributed by atoms with Crippen LogP contribution in [0, 0.1) is 0 Å². The van der Waals surface area contributed by atoms with Crippen molar-refractivity contribution in [2.24, 2.45) is 0 Å². The summed E-state index contributed by atoms with van der Waals surface area (Å²) in [7, 11) is -3.40. The summed E-state index contributed by atoms with van der Waals surface area (Å²) in [5, 5.41) is 12.7. The molecule has 5 nitrogen and oxygen atoms in total. The molecule has 114 valence electrons. The van der Waals surface area contributed by atoms with Gasteiger partial charge in [0, 0.05) is 5.02 Å². The number of fused-ring (bicyclic) bond motifs is 1. The number of phenols is 1. The number of halogens is 1. The average molecular weight is 338 g/mol. The van der Waals surface area contributed by atoms with Crippen LogP contribution in [0.4, 0.5) is 0 Å². The third-order valence-corrected chi connectivity index (χ3v) is 5.57. The minimum absolute atomic E-state index is 0.00859. The van der Waals surface area contributed by atoms with Crippen LogP contribution < -0.4 is 5.32 Å². The highest BCUT2D eigenvalue weighted by Crippen LogP contribution is 2.33. The first-order valence-electron chi connectivity index (χ1n) is 6.49. The number of rotatable bonds is 2. The van der Waals surface area contributed by atoms with Crippen molar-refractivity contribution in [1.29, 1.82) is 0 Å². The lowest BCUT2D eigenvalue weighted by Gasteiger charge is -2.13. The van der Waals surface area contributed by atoms with Crippen molar-refractivity contribution in [1.82, 2.24) is 5.32 Å². The third kappa shape index (κ3) is 2.55. The molecule has 0 bridgehead atoms. The Kier molecular flexibility index (Phi) is 3.58. The normalized spacial score (nSPS) is 18.7. The van der Waals surface area contributed by atoms with Gasteiger partial charge in [-0.2, -0.15) is 0 Å². The van der Waals surface area contributed by atoms with Crippen molar-refractivity contribution in [3.8, 4) is 5.75 Å². The van der Waals surface area contributed by atoms with E-state index in [2.05, 4.69) is 5.32 Å². The quantitative estimate of drug-likeness (QED) is 0.880. The van der Waals surface area contributed by atoms with Crippen LogP contribution in [0.15, 0.2) is 47.4 Å². The van der Waals surface area contributed by atoms with Crippen LogP contribution in [-0.4, -0.2) is 25.2 Å². The van der Waals surface area contributed by atoms with E-state index in [4.69, 9.17) is 11.6 Å². The van der Waals surface area contributed by atoms with Gasteiger partial charge in [-0.3, -0.25) is 4.79 Å². The lowest BCUT2D eigenvalue weighted by molar-refractivity contribution is 0.0938. The van der Waals surface area contributed by atoms with E-state index in [0.29, 0.717) is 10.6 Å². The molecule has 0 aromatic heterocycles. The van der Waals surface area contributed by atoms with Crippen molar-refractivity contribution in [2.45, 2.75) is 10.9 Å². The molecule has 1 heterocycles. The Morgan fingerprint density at radius 3 is 2.73 bits per heavy atom. The molecule has 0 radical (unpaired) electrons. The summed E-state index contributed by atoms with van der Waals surface area (Å²) < 4.78 is 24.2. The number of phenolic OH excluding ortho intramolecular Hbond substituents is 1. The van der Waals surface area contributed by atoms with E-state index < -0.39 is 21.8 Å². The van der Waals surface area contributed by atoms with Gasteiger partial charge < -0.3 is 10.4 Å². The van der Waals surface area contributed by atoms with Gasteiger partial charge >= 0.3 is 0 Å². The Balaban J connectivity index is 1.92. The van der Waals surface area contributed by atoms with Gasteiger partial charge in [0.2, 0.25) is 0 Å². The highest BCUT2D eigenvalue weighted by molar-refractivity contribution is 7.91. The monoisotopic (exact) mass is 337 g/mol. The summed E-state index contributed by atoms with van der Waals surface area (Å²) >= 11 is 5.82. The fourth-order valence-corrected chi connectivity index (χ4v) is 4.40. The summed E-state index contributed by atoms with van der Waals surface area (Å²) in [6, 6.07) is 10.0. The molecule has 7 heteroatoms. The number of aromatic hydroxyl groups is 1. The fourth-order valence-electron chi connectivity index (χ4n) is 2.50. The van der Waals surface area contributed by atoms with Gasteiger partial charge in [-0.25, -0.2) is 8.42 Å². The number of amides is 1. The van der Waals surface area contributed by atoms with Crippen LogP contribution in [0.3, 0.4) is 0 Å². The van der Waals surface area contributed by atoms with Gasteiger partial charge in [0.25, 0.3) is 5.91 Å². The van der Waals surface area contributed by atoms with Crippen LogP contribution in [0.1, 0.15) is 22.0 Å². The molecule has 22 heavy (non-hydrogen) atoms. The Bertz CT molecular complexity index is 864. The van der Waals surface area contributed by atoms with E-state index in [0.717, 1.165) is 0 Å². The standard InChI is InChI=1S/C15H12ClNO4S/c16-9-5-6-13(18)11(7-9)15(19)17-12-8-22(20,21)14-4-2-1-3-10(12)14/h1-7,12,18H,8H2,(H,17,19)/t12-/m0/s1. The lowest BCUT2D eigenvalue weighted by atomic mass is 10.1. The summed E-state index contributed by atoms with van der Waals surface area (Å²) in [6.45, 7) is 0. The Hall–Kier alpha value is -2.05. The maximum absolute atomic E-state index is 12.3. The second-order valence-corrected chi connectivity index (χ2v) is 7.45. The Morgan fingerprint density at radius 1 is 1.23 bits per heavy atom. The SMILES string of the molecule is O=C(N[C@H]1CS(=O)(=O)c2ccccc21)c1cc(Cl)ccc1O. The zero-order valence-electron chi connectivity index (χ0n) is 11.3. The number of hydrogen-bond acceptors (Lipinski definition) is 4. The van der Waals surface area contributed by atoms with Gasteiger partial charge in [0.1, 0.15) is 5.75 Å². The molecule has 1 amide bonds. The van der Waals surface area contributed by atoms with E-state index >= 15 is 0 Å². The second kappa shape index (κ2) is 5.30. The Labute approximate surface area is 132 Å². The van der Waals surface area contributed by atoms with Crippen molar-refractivity contribution < 1.29 is 18.3 Å². The predicted octanol–water partition coefficient (Wildman–Crippen LogP) is 2.30. The number of sulfone groups is 1. The number of hydrogen-bond donors (Lipinski definition) is 2. The Morgan fingerprint density at radius 2 is 1.95 bits per heavy atom. The highest BCUT2D eigenvalue weighted by Gasteiger charge is 2.35. The molecule has 2 N–H and O–H groups in total. The van der Waals surface area contributed by atoms with Crippen LogP contribution in [0.25, 0.3) is 0 Å². The van der Waals surface area contributed by atoms with E-state index in [1.807, 2.05) is 0 Å². The predicted molar refractivity (Wildman–Crippen MR) is 81.8 cm³/mol. The second-order valence-electron chi connectivity index (χ2n) is 5.01. The topological polar surface area (TPSA) is 83.5 Å². The molecule has 1 aliphatic rings. The molecule has 0 aliphatic carbocycles. The number of benzene rings is 2. The summed E-state index contributed by atoms with van der Waals surface area (Å²) in [5.74, 6) is -0.979. The van der Waals surface area contributed by atoms with Gasteiger partial charge in [0.05, 0.1) is 22.3 Å². The molecule has 2 aromatic rings. The van der Waals surface area contributed by atoms with Crippen LogP contribution in [-0.2, 0) is 9.84 Å². The minimum Gasteiger partial charge on any atom is -0.507 e. The first-order chi connectivity index (χ1) is 10.4. The summed E-state index contributed by atoms with van der Waals surface area (Å²) in [4.78, 5) is 12.5. The highest BCUT2D eigenvalue weighted by atomic mass is 35.5. The zero-order valence-corrected chi connectivity index (χ0v) is 12.9. The number of nitrogens with one attached hydrogen (secondary N) is 1. The third-order valence-electron chi connectivity index (χ3n) is 3.52. The first kappa shape index (κ1) is 14.9. The summed E-state index contributed by atoms with van der Waals surface area (Å²) in [6.07, 6.45) is 0.